The molecule has 1 amide bonds. The Morgan fingerprint density at radius 2 is 1.84 bits per heavy atom. The summed E-state index contributed by atoms with van der Waals surface area (Å²) in [6, 6.07) is 9.58. The molecule has 1 aromatic rings. The lowest BCUT2D eigenvalue weighted by Gasteiger charge is -2.39. The van der Waals surface area contributed by atoms with Crippen LogP contribution in [0.4, 0.5) is 0 Å². The number of piperidine rings is 1. The van der Waals surface area contributed by atoms with Gasteiger partial charge in [-0.15, -0.1) is 0 Å². The van der Waals surface area contributed by atoms with Crippen molar-refractivity contribution in [1.82, 2.24) is 10.3 Å². The fourth-order valence-corrected chi connectivity index (χ4v) is 3.16. The van der Waals surface area contributed by atoms with Crippen molar-refractivity contribution < 1.29 is 4.79 Å². The van der Waals surface area contributed by atoms with Crippen molar-refractivity contribution in [2.24, 2.45) is 17.7 Å². The minimum atomic E-state index is -0.281. The monoisotopic (exact) mass is 261 g/mol. The molecule has 4 nitrogen and oxygen atoms in total. The molecule has 0 spiro atoms. The standard InChI is InChI=1S/C15H23N3O/c1-11-8-12(2)10-18(9-11)14(15(19)17-16)13-6-4-3-5-7-13/h3-7,11-12,14H,8-10,16H2,1-2H3,(H,17,19). The molecular formula is C15H23N3O. The number of nitrogens with zero attached hydrogens (tertiary/aromatic N) is 1. The summed E-state index contributed by atoms with van der Waals surface area (Å²) in [4.78, 5) is 14.4. The van der Waals surface area contributed by atoms with Crippen LogP contribution in [-0.2, 0) is 4.79 Å². The maximum absolute atomic E-state index is 12.1. The minimum Gasteiger partial charge on any atom is -0.293 e. The molecule has 1 fully saturated rings. The third-order valence-corrected chi connectivity index (χ3v) is 3.77. The van der Waals surface area contributed by atoms with E-state index in [1.54, 1.807) is 0 Å². The fraction of sp³-hybridized carbons (Fsp3) is 0.533. The molecule has 0 aromatic heterocycles. The second kappa shape index (κ2) is 6.17. The van der Waals surface area contributed by atoms with Gasteiger partial charge in [0.1, 0.15) is 6.04 Å². The largest absolute Gasteiger partial charge is 0.293 e. The van der Waals surface area contributed by atoms with Crippen molar-refractivity contribution in [2.45, 2.75) is 26.3 Å². The van der Waals surface area contributed by atoms with E-state index in [2.05, 4.69) is 24.2 Å². The van der Waals surface area contributed by atoms with Gasteiger partial charge in [0.2, 0.25) is 0 Å². The Hall–Kier alpha value is -1.39. The number of rotatable bonds is 3. The highest BCUT2D eigenvalue weighted by atomic mass is 16.2. The lowest BCUT2D eigenvalue weighted by Crippen LogP contribution is -2.48. The van der Waals surface area contributed by atoms with E-state index in [9.17, 15) is 4.79 Å². The molecule has 3 N–H and O–H groups in total. The molecule has 0 radical (unpaired) electrons. The van der Waals surface area contributed by atoms with E-state index in [4.69, 9.17) is 5.84 Å². The van der Waals surface area contributed by atoms with Crippen molar-refractivity contribution in [3.63, 3.8) is 0 Å². The Morgan fingerprint density at radius 3 is 2.37 bits per heavy atom. The van der Waals surface area contributed by atoms with Gasteiger partial charge in [-0.25, -0.2) is 5.84 Å². The Bertz CT molecular complexity index is 411. The molecule has 19 heavy (non-hydrogen) atoms. The maximum Gasteiger partial charge on any atom is 0.255 e. The Labute approximate surface area is 114 Å². The summed E-state index contributed by atoms with van der Waals surface area (Å²) < 4.78 is 0. The summed E-state index contributed by atoms with van der Waals surface area (Å²) >= 11 is 0. The van der Waals surface area contributed by atoms with Gasteiger partial charge in [-0.1, -0.05) is 44.2 Å². The first-order chi connectivity index (χ1) is 9.11. The molecule has 3 unspecified atom stereocenters. The van der Waals surface area contributed by atoms with Crippen LogP contribution in [-0.4, -0.2) is 23.9 Å². The summed E-state index contributed by atoms with van der Waals surface area (Å²) in [5, 5.41) is 0. The first-order valence-electron chi connectivity index (χ1n) is 6.91. The summed E-state index contributed by atoms with van der Waals surface area (Å²) in [6.45, 7) is 6.37. The Balaban J connectivity index is 2.25. The van der Waals surface area contributed by atoms with Crippen LogP contribution in [0.2, 0.25) is 0 Å². The van der Waals surface area contributed by atoms with Crippen molar-refractivity contribution in [3.8, 4) is 0 Å². The van der Waals surface area contributed by atoms with Crippen LogP contribution in [0.3, 0.4) is 0 Å². The average molecular weight is 261 g/mol. The lowest BCUT2D eigenvalue weighted by atomic mass is 9.89. The van der Waals surface area contributed by atoms with Gasteiger partial charge < -0.3 is 0 Å². The number of hydrogen-bond donors (Lipinski definition) is 2. The highest BCUT2D eigenvalue weighted by Crippen LogP contribution is 2.29. The SMILES string of the molecule is CC1CC(C)CN(C(C(=O)NN)c2ccccc2)C1. The van der Waals surface area contributed by atoms with Crippen LogP contribution in [0.5, 0.6) is 0 Å². The zero-order valence-electron chi connectivity index (χ0n) is 11.7. The topological polar surface area (TPSA) is 58.4 Å². The average Bonchev–Trinajstić information content (AvgIpc) is 2.39. The number of nitrogens with two attached hydrogens (primary N) is 1. The van der Waals surface area contributed by atoms with E-state index >= 15 is 0 Å². The molecule has 0 saturated carbocycles. The molecule has 0 aliphatic carbocycles. The van der Waals surface area contributed by atoms with Crippen LogP contribution in [0.25, 0.3) is 0 Å². The molecule has 1 heterocycles. The molecule has 0 bridgehead atoms. The van der Waals surface area contributed by atoms with Crippen LogP contribution >= 0.6 is 0 Å². The molecular weight excluding hydrogens is 238 g/mol. The van der Waals surface area contributed by atoms with E-state index in [0.717, 1.165) is 18.7 Å². The first-order valence-corrected chi connectivity index (χ1v) is 6.91. The number of nitrogens with one attached hydrogen (secondary N) is 1. The van der Waals surface area contributed by atoms with Crippen LogP contribution in [0.1, 0.15) is 31.9 Å². The van der Waals surface area contributed by atoms with Gasteiger partial charge in [0.25, 0.3) is 5.91 Å². The zero-order chi connectivity index (χ0) is 13.8. The maximum atomic E-state index is 12.1. The fourth-order valence-electron chi connectivity index (χ4n) is 3.16. The smallest absolute Gasteiger partial charge is 0.255 e. The van der Waals surface area contributed by atoms with Gasteiger partial charge in [-0.2, -0.15) is 0 Å². The molecule has 104 valence electrons. The zero-order valence-corrected chi connectivity index (χ0v) is 11.7. The predicted octanol–water partition coefficient (Wildman–Crippen LogP) is 1.70. The van der Waals surface area contributed by atoms with Crippen molar-refractivity contribution in [1.29, 1.82) is 0 Å². The Kier molecular flexibility index (Phi) is 4.56. The summed E-state index contributed by atoms with van der Waals surface area (Å²) in [5.74, 6) is 6.45. The Morgan fingerprint density at radius 1 is 1.26 bits per heavy atom. The molecule has 1 aliphatic heterocycles. The molecule has 3 atom stereocenters. The highest BCUT2D eigenvalue weighted by molar-refractivity contribution is 5.82. The van der Waals surface area contributed by atoms with Gasteiger partial charge in [0, 0.05) is 13.1 Å². The second-order valence-corrected chi connectivity index (χ2v) is 5.72. The third kappa shape index (κ3) is 3.33. The second-order valence-electron chi connectivity index (χ2n) is 5.72. The van der Waals surface area contributed by atoms with Crippen molar-refractivity contribution >= 4 is 5.91 Å². The number of carbonyl (C=O) groups excluding carboxylic acids is 1. The van der Waals surface area contributed by atoms with Gasteiger partial charge in [0.15, 0.2) is 0 Å². The molecule has 1 aliphatic rings. The predicted molar refractivity (Wildman–Crippen MR) is 76.0 cm³/mol. The normalized spacial score (nSPS) is 25.8. The van der Waals surface area contributed by atoms with E-state index in [1.165, 1.54) is 6.42 Å². The van der Waals surface area contributed by atoms with Crippen LogP contribution in [0, 0.1) is 11.8 Å². The number of benzene rings is 1. The third-order valence-electron chi connectivity index (χ3n) is 3.77. The van der Waals surface area contributed by atoms with Gasteiger partial charge >= 0.3 is 0 Å². The van der Waals surface area contributed by atoms with Crippen molar-refractivity contribution in [2.75, 3.05) is 13.1 Å². The first kappa shape index (κ1) is 14.0. The summed E-state index contributed by atoms with van der Waals surface area (Å²) in [5.41, 5.74) is 3.32. The number of hydrogen-bond acceptors (Lipinski definition) is 3. The minimum absolute atomic E-state index is 0.132. The molecule has 2 rings (SSSR count). The highest BCUT2D eigenvalue weighted by Gasteiger charge is 2.32. The van der Waals surface area contributed by atoms with Crippen LogP contribution in [0.15, 0.2) is 30.3 Å². The summed E-state index contributed by atoms with van der Waals surface area (Å²) in [6.07, 6.45) is 1.22. The van der Waals surface area contributed by atoms with Gasteiger partial charge in [-0.05, 0) is 23.8 Å². The van der Waals surface area contributed by atoms with E-state index in [1.807, 2.05) is 30.3 Å². The number of amides is 1. The number of hydrazine groups is 1. The van der Waals surface area contributed by atoms with E-state index in [0.29, 0.717) is 11.8 Å². The summed E-state index contributed by atoms with van der Waals surface area (Å²) in [7, 11) is 0. The quantitative estimate of drug-likeness (QED) is 0.494. The van der Waals surface area contributed by atoms with Gasteiger partial charge in [0.05, 0.1) is 0 Å². The van der Waals surface area contributed by atoms with Crippen LogP contribution < -0.4 is 11.3 Å². The van der Waals surface area contributed by atoms with Crippen molar-refractivity contribution in [3.05, 3.63) is 35.9 Å². The molecule has 1 aromatic carbocycles. The number of likely N-dealkylation sites (tertiary alicyclic amines) is 1. The molecule has 1 saturated heterocycles. The lowest BCUT2D eigenvalue weighted by molar-refractivity contribution is -0.127. The number of carbonyl (C=O) groups is 1. The molecule has 4 heteroatoms. The van der Waals surface area contributed by atoms with E-state index < -0.39 is 0 Å². The van der Waals surface area contributed by atoms with E-state index in [-0.39, 0.29) is 11.9 Å². The van der Waals surface area contributed by atoms with Gasteiger partial charge in [-0.3, -0.25) is 15.1 Å².